The van der Waals surface area contributed by atoms with Crippen LogP contribution in [0.4, 0.5) is 11.4 Å². The van der Waals surface area contributed by atoms with Gasteiger partial charge in [0.1, 0.15) is 17.9 Å². The van der Waals surface area contributed by atoms with Crippen LogP contribution in [-0.2, 0) is 25.4 Å². The highest BCUT2D eigenvalue weighted by Crippen LogP contribution is 2.50. The van der Waals surface area contributed by atoms with Crippen molar-refractivity contribution in [3.8, 4) is 5.75 Å². The number of carbonyl (C=O) groups is 1. The zero-order valence-electron chi connectivity index (χ0n) is 20.2. The highest BCUT2D eigenvalue weighted by molar-refractivity contribution is 5.84. The smallest absolute Gasteiger partial charge is 0.329 e. The number of non-ortho nitro benzene ring substituents is 1. The summed E-state index contributed by atoms with van der Waals surface area (Å²) in [4.78, 5) is 26.1. The van der Waals surface area contributed by atoms with Crippen LogP contribution in [0.2, 0.25) is 0 Å². The molecule has 2 aliphatic rings. The van der Waals surface area contributed by atoms with Crippen LogP contribution in [0.25, 0.3) is 0 Å². The van der Waals surface area contributed by atoms with Gasteiger partial charge in [0.25, 0.3) is 5.69 Å². The molecule has 2 aromatic carbocycles. The van der Waals surface area contributed by atoms with Crippen LogP contribution in [0, 0.1) is 10.1 Å². The molecular weight excluding hydrogens is 456 g/mol. The fourth-order valence-electron chi connectivity index (χ4n) is 5.06. The SMILES string of the molecule is CCCOC(=O)[C@@H]1Cc2ccccc2N1[C@@H]1c2cc([N+](=O)[O-])ccc2O[C@@](C)(C(OC)OC)[C@H]1O. The highest BCUT2D eigenvalue weighted by Gasteiger charge is 2.56. The largest absolute Gasteiger partial charge is 0.479 e. The number of anilines is 1. The molecule has 0 aromatic heterocycles. The number of aliphatic hydroxyl groups is 1. The van der Waals surface area contributed by atoms with Crippen LogP contribution in [-0.4, -0.2) is 60.9 Å². The van der Waals surface area contributed by atoms with Gasteiger partial charge in [-0.25, -0.2) is 4.79 Å². The molecule has 0 spiro atoms. The molecule has 0 amide bonds. The first-order chi connectivity index (χ1) is 16.8. The Balaban J connectivity index is 1.91. The van der Waals surface area contributed by atoms with Crippen LogP contribution < -0.4 is 9.64 Å². The van der Waals surface area contributed by atoms with E-state index >= 15 is 0 Å². The van der Waals surface area contributed by atoms with Crippen molar-refractivity contribution in [1.29, 1.82) is 0 Å². The number of aliphatic hydroxyl groups excluding tert-OH is 1. The average Bonchev–Trinajstić information content (AvgIpc) is 3.23. The minimum absolute atomic E-state index is 0.152. The standard InChI is InChI=1S/C25H30N2O8/c1-5-12-34-23(29)19-13-15-8-6-7-9-18(15)26(19)21-17-14-16(27(30)31)10-11-20(17)35-25(2,22(21)28)24(32-3)33-4/h6-11,14,19,21-22,24,28H,5,12-13H2,1-4H3/t19-,21+,22-,25+/m0/s1. The van der Waals surface area contributed by atoms with Gasteiger partial charge in [-0.2, -0.15) is 0 Å². The lowest BCUT2D eigenvalue weighted by molar-refractivity contribution is -0.385. The molecule has 2 heterocycles. The molecule has 0 radical (unpaired) electrons. The summed E-state index contributed by atoms with van der Waals surface area (Å²) in [5, 5.41) is 23.4. The number of hydrogen-bond acceptors (Lipinski definition) is 9. The van der Waals surface area contributed by atoms with Crippen molar-refractivity contribution in [3.05, 3.63) is 63.7 Å². The Morgan fingerprint density at radius 1 is 1.29 bits per heavy atom. The second kappa shape index (κ2) is 9.80. The molecule has 2 aliphatic heterocycles. The third kappa shape index (κ3) is 4.22. The van der Waals surface area contributed by atoms with E-state index in [0.29, 0.717) is 24.2 Å². The summed E-state index contributed by atoms with van der Waals surface area (Å²) in [7, 11) is 2.87. The van der Waals surface area contributed by atoms with Gasteiger partial charge >= 0.3 is 5.97 Å². The van der Waals surface area contributed by atoms with Gasteiger partial charge in [-0.15, -0.1) is 0 Å². The third-order valence-electron chi connectivity index (χ3n) is 6.67. The predicted molar refractivity (Wildman–Crippen MR) is 126 cm³/mol. The highest BCUT2D eigenvalue weighted by atomic mass is 16.7. The Morgan fingerprint density at radius 3 is 2.66 bits per heavy atom. The molecule has 0 saturated heterocycles. The van der Waals surface area contributed by atoms with E-state index in [9.17, 15) is 20.0 Å². The number of para-hydroxylation sites is 1. The van der Waals surface area contributed by atoms with Gasteiger partial charge in [0.15, 0.2) is 11.9 Å². The maximum Gasteiger partial charge on any atom is 0.329 e. The number of carbonyl (C=O) groups excluding carboxylic acids is 1. The first-order valence-electron chi connectivity index (χ1n) is 11.5. The van der Waals surface area contributed by atoms with Gasteiger partial charge in [-0.3, -0.25) is 10.1 Å². The van der Waals surface area contributed by atoms with E-state index in [-0.39, 0.29) is 12.3 Å². The van der Waals surface area contributed by atoms with E-state index < -0.39 is 41.0 Å². The molecule has 0 fully saturated rings. The Bertz CT molecular complexity index is 1100. The van der Waals surface area contributed by atoms with Gasteiger partial charge < -0.3 is 29.0 Å². The fourth-order valence-corrected chi connectivity index (χ4v) is 5.06. The topological polar surface area (TPSA) is 121 Å². The van der Waals surface area contributed by atoms with Crippen LogP contribution >= 0.6 is 0 Å². The number of nitrogens with zero attached hydrogens (tertiary/aromatic N) is 2. The van der Waals surface area contributed by atoms with Crippen molar-refractivity contribution in [3.63, 3.8) is 0 Å². The summed E-state index contributed by atoms with van der Waals surface area (Å²) in [6.45, 7) is 3.83. The Morgan fingerprint density at radius 2 is 2.00 bits per heavy atom. The molecule has 1 N–H and O–H groups in total. The van der Waals surface area contributed by atoms with Crippen LogP contribution in [0.15, 0.2) is 42.5 Å². The molecule has 0 unspecified atom stereocenters. The van der Waals surface area contributed by atoms with Crippen molar-refractivity contribution in [1.82, 2.24) is 0 Å². The molecule has 188 valence electrons. The quantitative estimate of drug-likeness (QED) is 0.260. The maximum atomic E-state index is 13.2. The molecule has 0 saturated carbocycles. The number of nitro benzene ring substituents is 1. The lowest BCUT2D eigenvalue weighted by Gasteiger charge is -2.50. The van der Waals surface area contributed by atoms with Gasteiger partial charge in [0.05, 0.1) is 17.6 Å². The molecule has 0 bridgehead atoms. The summed E-state index contributed by atoms with van der Waals surface area (Å²) in [6.07, 6.45) is -1.22. The molecule has 35 heavy (non-hydrogen) atoms. The van der Waals surface area contributed by atoms with Crippen LogP contribution in [0.5, 0.6) is 5.75 Å². The summed E-state index contributed by atoms with van der Waals surface area (Å²) in [5.41, 5.74) is 0.490. The second-order valence-electron chi connectivity index (χ2n) is 8.88. The van der Waals surface area contributed by atoms with E-state index in [1.54, 1.807) is 11.8 Å². The third-order valence-corrected chi connectivity index (χ3v) is 6.67. The zero-order chi connectivity index (χ0) is 25.3. The Kier molecular flexibility index (Phi) is 6.98. The maximum absolute atomic E-state index is 13.2. The van der Waals surface area contributed by atoms with Crippen LogP contribution in [0.3, 0.4) is 0 Å². The lowest BCUT2D eigenvalue weighted by Crippen LogP contribution is -2.63. The number of benzene rings is 2. The Labute approximate surface area is 203 Å². The summed E-state index contributed by atoms with van der Waals surface area (Å²) in [6, 6.07) is 10.1. The van der Waals surface area contributed by atoms with Crippen molar-refractivity contribution in [2.75, 3.05) is 25.7 Å². The van der Waals surface area contributed by atoms with E-state index in [2.05, 4.69) is 0 Å². The summed E-state index contributed by atoms with van der Waals surface area (Å²) in [5.74, 6) is -0.0944. The number of methoxy groups -OCH3 is 2. The van der Waals surface area contributed by atoms with Gasteiger partial charge in [0, 0.05) is 44.0 Å². The van der Waals surface area contributed by atoms with Gasteiger partial charge in [-0.1, -0.05) is 25.1 Å². The lowest BCUT2D eigenvalue weighted by atomic mass is 9.83. The molecule has 0 aliphatic carbocycles. The molecule has 4 atom stereocenters. The number of fused-ring (bicyclic) bond motifs is 2. The molecule has 10 heteroatoms. The summed E-state index contributed by atoms with van der Waals surface area (Å²) >= 11 is 0. The van der Waals surface area contributed by atoms with E-state index in [4.69, 9.17) is 18.9 Å². The number of esters is 1. The monoisotopic (exact) mass is 486 g/mol. The Hall–Kier alpha value is -3.21. The average molecular weight is 487 g/mol. The fraction of sp³-hybridized carbons (Fsp3) is 0.480. The summed E-state index contributed by atoms with van der Waals surface area (Å²) < 4.78 is 22.6. The van der Waals surface area contributed by atoms with E-state index in [1.165, 1.54) is 32.4 Å². The normalized spacial score (nSPS) is 25.1. The van der Waals surface area contributed by atoms with Gasteiger partial charge in [-0.05, 0) is 31.0 Å². The number of rotatable bonds is 8. The van der Waals surface area contributed by atoms with E-state index in [0.717, 1.165) is 11.3 Å². The number of hydrogen-bond donors (Lipinski definition) is 1. The number of ether oxygens (including phenoxy) is 4. The molecule has 2 aromatic rings. The first kappa shape index (κ1) is 24.9. The molecule has 4 rings (SSSR count). The van der Waals surface area contributed by atoms with Crippen molar-refractivity contribution in [2.45, 2.75) is 56.8 Å². The zero-order valence-corrected chi connectivity index (χ0v) is 20.2. The number of nitro groups is 1. The minimum atomic E-state index is -1.40. The second-order valence-corrected chi connectivity index (χ2v) is 8.88. The molecule has 10 nitrogen and oxygen atoms in total. The van der Waals surface area contributed by atoms with E-state index in [1.807, 2.05) is 31.2 Å². The molecular formula is C25H30N2O8. The minimum Gasteiger partial charge on any atom is -0.479 e. The first-order valence-corrected chi connectivity index (χ1v) is 11.5. The van der Waals surface area contributed by atoms with Crippen LogP contribution in [0.1, 0.15) is 37.4 Å². The van der Waals surface area contributed by atoms with Crippen molar-refractivity contribution < 1.29 is 33.8 Å². The predicted octanol–water partition coefficient (Wildman–Crippen LogP) is 3.15. The van der Waals surface area contributed by atoms with Crippen molar-refractivity contribution >= 4 is 17.3 Å². The van der Waals surface area contributed by atoms with Gasteiger partial charge in [0.2, 0.25) is 0 Å². The van der Waals surface area contributed by atoms with Crippen molar-refractivity contribution in [2.24, 2.45) is 0 Å².